The molecule has 0 unspecified atom stereocenters. The van der Waals surface area contributed by atoms with E-state index in [1.807, 2.05) is 0 Å². The van der Waals surface area contributed by atoms with E-state index in [0.29, 0.717) is 22.4 Å². The Morgan fingerprint density at radius 3 is 2.73 bits per heavy atom. The average molecular weight is 250 g/mol. The van der Waals surface area contributed by atoms with Crippen LogP contribution in [0.2, 0.25) is 10.0 Å². The molecular weight excluding hydrogens is 237 g/mol. The largest absolute Gasteiger partial charge is 0.396 e. The molecule has 1 heterocycles. The Balaban J connectivity index is 2.57. The zero-order valence-corrected chi connectivity index (χ0v) is 9.65. The van der Waals surface area contributed by atoms with Gasteiger partial charge in [-0.05, 0) is 18.9 Å². The Kier molecular flexibility index (Phi) is 4.94. The van der Waals surface area contributed by atoms with Crippen molar-refractivity contribution in [2.75, 3.05) is 24.2 Å². The molecule has 0 bridgehead atoms. The van der Waals surface area contributed by atoms with Gasteiger partial charge in [-0.2, -0.15) is 0 Å². The standard InChI is InChI=1S/C9H13Cl2N3O/c10-6-5-7(11)9(14-8(6)12)13-3-1-2-4-15/h5,15H,1-4H2,(H3,12,13,14). The van der Waals surface area contributed by atoms with Gasteiger partial charge in [-0.15, -0.1) is 0 Å². The molecule has 0 fully saturated rings. The lowest BCUT2D eigenvalue weighted by Crippen LogP contribution is -2.06. The molecule has 0 aliphatic heterocycles. The number of nitrogens with two attached hydrogens (primary N) is 1. The van der Waals surface area contributed by atoms with E-state index in [4.69, 9.17) is 34.0 Å². The zero-order valence-electron chi connectivity index (χ0n) is 8.13. The number of halogens is 2. The molecule has 0 radical (unpaired) electrons. The van der Waals surface area contributed by atoms with Crippen molar-refractivity contribution in [3.63, 3.8) is 0 Å². The Bertz CT molecular complexity index is 333. The first-order chi connectivity index (χ1) is 7.15. The van der Waals surface area contributed by atoms with E-state index < -0.39 is 0 Å². The van der Waals surface area contributed by atoms with Crippen LogP contribution in [-0.2, 0) is 0 Å². The van der Waals surface area contributed by atoms with Crippen LogP contribution in [0.5, 0.6) is 0 Å². The van der Waals surface area contributed by atoms with Gasteiger partial charge < -0.3 is 16.2 Å². The summed E-state index contributed by atoms with van der Waals surface area (Å²) in [5.74, 6) is 0.780. The fraction of sp³-hybridized carbons (Fsp3) is 0.444. The van der Waals surface area contributed by atoms with Gasteiger partial charge in [-0.3, -0.25) is 0 Å². The van der Waals surface area contributed by atoms with Crippen LogP contribution in [0.4, 0.5) is 11.6 Å². The smallest absolute Gasteiger partial charge is 0.147 e. The third-order valence-corrected chi connectivity index (χ3v) is 2.42. The van der Waals surface area contributed by atoms with Crippen molar-refractivity contribution in [3.05, 3.63) is 16.1 Å². The van der Waals surface area contributed by atoms with Crippen molar-refractivity contribution in [1.82, 2.24) is 4.98 Å². The summed E-state index contributed by atoms with van der Waals surface area (Å²) < 4.78 is 0. The van der Waals surface area contributed by atoms with Crippen LogP contribution in [0.3, 0.4) is 0 Å². The summed E-state index contributed by atoms with van der Waals surface area (Å²) in [6.45, 7) is 0.875. The summed E-state index contributed by atoms with van der Waals surface area (Å²) in [5, 5.41) is 12.4. The minimum absolute atomic E-state index is 0.186. The normalized spacial score (nSPS) is 10.3. The number of aliphatic hydroxyl groups is 1. The molecule has 0 aliphatic rings. The molecule has 0 spiro atoms. The first-order valence-corrected chi connectivity index (χ1v) is 5.37. The summed E-state index contributed by atoms with van der Waals surface area (Å²) in [5.41, 5.74) is 5.54. The van der Waals surface area contributed by atoms with E-state index in [0.717, 1.165) is 12.8 Å². The molecule has 84 valence electrons. The van der Waals surface area contributed by atoms with Gasteiger partial charge in [0.25, 0.3) is 0 Å². The maximum Gasteiger partial charge on any atom is 0.147 e. The van der Waals surface area contributed by atoms with Crippen LogP contribution in [0.1, 0.15) is 12.8 Å². The fourth-order valence-electron chi connectivity index (χ4n) is 1.05. The van der Waals surface area contributed by atoms with E-state index in [-0.39, 0.29) is 12.4 Å². The predicted molar refractivity (Wildman–Crippen MR) is 63.5 cm³/mol. The number of pyridine rings is 1. The van der Waals surface area contributed by atoms with Gasteiger partial charge in [0.1, 0.15) is 11.6 Å². The maximum atomic E-state index is 8.59. The molecular formula is C9H13Cl2N3O. The van der Waals surface area contributed by atoms with Gasteiger partial charge in [0.15, 0.2) is 0 Å². The highest BCUT2D eigenvalue weighted by atomic mass is 35.5. The number of hydrogen-bond donors (Lipinski definition) is 3. The van der Waals surface area contributed by atoms with Gasteiger partial charge in [0, 0.05) is 13.2 Å². The Hall–Kier alpha value is -0.710. The van der Waals surface area contributed by atoms with Crippen LogP contribution in [0.15, 0.2) is 6.07 Å². The van der Waals surface area contributed by atoms with Crippen molar-refractivity contribution >= 4 is 34.8 Å². The van der Waals surface area contributed by atoms with Crippen molar-refractivity contribution in [3.8, 4) is 0 Å². The lowest BCUT2D eigenvalue weighted by atomic mass is 10.3. The first-order valence-electron chi connectivity index (χ1n) is 4.61. The number of anilines is 2. The summed E-state index contributed by atoms with van der Waals surface area (Å²) in [7, 11) is 0. The van der Waals surface area contributed by atoms with Crippen LogP contribution < -0.4 is 11.1 Å². The van der Waals surface area contributed by atoms with Crippen molar-refractivity contribution in [1.29, 1.82) is 0 Å². The van der Waals surface area contributed by atoms with E-state index in [1.165, 1.54) is 0 Å². The Morgan fingerprint density at radius 2 is 2.07 bits per heavy atom. The van der Waals surface area contributed by atoms with Gasteiger partial charge >= 0.3 is 0 Å². The van der Waals surface area contributed by atoms with Crippen molar-refractivity contribution in [2.24, 2.45) is 0 Å². The predicted octanol–water partition coefficient (Wildman–Crippen LogP) is 2.16. The maximum absolute atomic E-state index is 8.59. The van der Waals surface area contributed by atoms with E-state index in [1.54, 1.807) is 6.07 Å². The third kappa shape index (κ3) is 3.74. The van der Waals surface area contributed by atoms with Crippen LogP contribution in [0, 0.1) is 0 Å². The van der Waals surface area contributed by atoms with Gasteiger partial charge in [-0.1, -0.05) is 23.2 Å². The molecule has 4 nitrogen and oxygen atoms in total. The number of rotatable bonds is 5. The van der Waals surface area contributed by atoms with Gasteiger partial charge in [-0.25, -0.2) is 4.98 Å². The second-order valence-corrected chi connectivity index (χ2v) is 3.86. The molecule has 0 aromatic carbocycles. The molecule has 1 aromatic heterocycles. The van der Waals surface area contributed by atoms with Crippen LogP contribution in [-0.4, -0.2) is 23.2 Å². The summed E-state index contributed by atoms with van der Waals surface area (Å²) in [4.78, 5) is 4.01. The molecule has 4 N–H and O–H groups in total. The zero-order chi connectivity index (χ0) is 11.3. The quantitative estimate of drug-likeness (QED) is 0.700. The summed E-state index contributed by atoms with van der Waals surface area (Å²) in [6.07, 6.45) is 1.59. The molecule has 1 rings (SSSR count). The Labute approximate surface area is 98.4 Å². The molecule has 1 aromatic rings. The molecule has 0 atom stereocenters. The topological polar surface area (TPSA) is 71.2 Å². The molecule has 0 amide bonds. The summed E-state index contributed by atoms with van der Waals surface area (Å²) in [6, 6.07) is 1.56. The minimum atomic E-state index is 0.186. The first kappa shape index (κ1) is 12.4. The molecule has 0 saturated heterocycles. The fourth-order valence-corrected chi connectivity index (χ4v) is 1.47. The third-order valence-electron chi connectivity index (χ3n) is 1.83. The average Bonchev–Trinajstić information content (AvgIpc) is 2.20. The number of aromatic nitrogens is 1. The number of nitrogens with one attached hydrogen (secondary N) is 1. The number of nitrogen functional groups attached to an aromatic ring is 1. The number of unbranched alkanes of at least 4 members (excludes halogenated alkanes) is 1. The highest BCUT2D eigenvalue weighted by Crippen LogP contribution is 2.27. The van der Waals surface area contributed by atoms with Gasteiger partial charge in [0.05, 0.1) is 10.0 Å². The second-order valence-electron chi connectivity index (χ2n) is 3.04. The molecule has 0 saturated carbocycles. The monoisotopic (exact) mass is 249 g/mol. The lowest BCUT2D eigenvalue weighted by Gasteiger charge is -2.08. The lowest BCUT2D eigenvalue weighted by molar-refractivity contribution is 0.286. The van der Waals surface area contributed by atoms with Crippen LogP contribution >= 0.6 is 23.2 Å². The molecule has 15 heavy (non-hydrogen) atoms. The van der Waals surface area contributed by atoms with Gasteiger partial charge in [0.2, 0.25) is 0 Å². The number of hydrogen-bond acceptors (Lipinski definition) is 4. The highest BCUT2D eigenvalue weighted by Gasteiger charge is 2.05. The minimum Gasteiger partial charge on any atom is -0.396 e. The number of aliphatic hydroxyl groups excluding tert-OH is 1. The molecule has 0 aliphatic carbocycles. The van der Waals surface area contributed by atoms with Crippen molar-refractivity contribution in [2.45, 2.75) is 12.8 Å². The number of nitrogens with zero attached hydrogens (tertiary/aromatic N) is 1. The van der Waals surface area contributed by atoms with Crippen molar-refractivity contribution < 1.29 is 5.11 Å². The second kappa shape index (κ2) is 6.00. The van der Waals surface area contributed by atoms with E-state index in [9.17, 15) is 0 Å². The molecule has 6 heteroatoms. The van der Waals surface area contributed by atoms with E-state index >= 15 is 0 Å². The van der Waals surface area contributed by atoms with Crippen LogP contribution in [0.25, 0.3) is 0 Å². The highest BCUT2D eigenvalue weighted by molar-refractivity contribution is 6.37. The summed E-state index contributed by atoms with van der Waals surface area (Å²) >= 11 is 11.6. The van der Waals surface area contributed by atoms with E-state index in [2.05, 4.69) is 10.3 Å². The SMILES string of the molecule is Nc1nc(NCCCCO)c(Cl)cc1Cl. The Morgan fingerprint density at radius 1 is 1.33 bits per heavy atom.